The molecule has 1 fully saturated rings. The number of aliphatic hydroxyl groups is 1. The second-order valence-electron chi connectivity index (χ2n) is 4.42. The molecule has 0 saturated carbocycles. The topological polar surface area (TPSA) is 41.5 Å². The molecule has 0 spiro atoms. The number of rotatable bonds is 1. The van der Waals surface area contributed by atoms with Crippen LogP contribution in [-0.2, 0) is 23.4 Å². The molecule has 3 rings (SSSR count). The van der Waals surface area contributed by atoms with Gasteiger partial charge in [0.15, 0.2) is 0 Å². The van der Waals surface area contributed by atoms with E-state index in [4.69, 9.17) is 4.74 Å². The Morgan fingerprint density at radius 1 is 1.27 bits per heavy atom. The van der Waals surface area contributed by atoms with Crippen LogP contribution >= 0.6 is 0 Å². The first-order chi connectivity index (χ1) is 7.28. The van der Waals surface area contributed by atoms with E-state index in [1.807, 2.05) is 6.07 Å². The van der Waals surface area contributed by atoms with Gasteiger partial charge in [-0.2, -0.15) is 0 Å². The Morgan fingerprint density at radius 2 is 2.13 bits per heavy atom. The summed E-state index contributed by atoms with van der Waals surface area (Å²) >= 11 is 0. The molecule has 0 amide bonds. The second-order valence-corrected chi connectivity index (χ2v) is 4.42. The van der Waals surface area contributed by atoms with Gasteiger partial charge < -0.3 is 15.2 Å². The fourth-order valence-corrected chi connectivity index (χ4v) is 2.37. The van der Waals surface area contributed by atoms with E-state index in [2.05, 4.69) is 17.4 Å². The molecule has 0 aromatic heterocycles. The maximum atomic E-state index is 10.3. The van der Waals surface area contributed by atoms with Gasteiger partial charge in [-0.25, -0.2) is 0 Å². The Kier molecular flexibility index (Phi) is 2.06. The Balaban J connectivity index is 1.98. The van der Waals surface area contributed by atoms with Crippen LogP contribution in [0.5, 0.6) is 0 Å². The maximum Gasteiger partial charge on any atom is 0.115 e. The molecule has 3 nitrogen and oxygen atoms in total. The molecule has 1 unspecified atom stereocenters. The average Bonchev–Trinajstić information content (AvgIpc) is 2.85. The third kappa shape index (κ3) is 1.47. The standard InChI is InChI=1S/C12H15NO2/c14-12(3-4-15-8-12)11-2-1-9-6-13-7-10(9)5-11/h1-2,5,13-14H,3-4,6-8H2. The normalized spacial score (nSPS) is 29.4. The average molecular weight is 205 g/mol. The minimum atomic E-state index is -0.752. The molecule has 2 aliphatic rings. The van der Waals surface area contributed by atoms with E-state index in [-0.39, 0.29) is 0 Å². The summed E-state index contributed by atoms with van der Waals surface area (Å²) in [6.07, 6.45) is 0.708. The first-order valence-electron chi connectivity index (χ1n) is 5.41. The molecule has 0 aliphatic carbocycles. The highest BCUT2D eigenvalue weighted by Crippen LogP contribution is 2.32. The van der Waals surface area contributed by atoms with E-state index in [9.17, 15) is 5.11 Å². The van der Waals surface area contributed by atoms with Gasteiger partial charge >= 0.3 is 0 Å². The van der Waals surface area contributed by atoms with E-state index in [0.717, 1.165) is 18.7 Å². The van der Waals surface area contributed by atoms with Crippen molar-refractivity contribution in [3.8, 4) is 0 Å². The Morgan fingerprint density at radius 3 is 2.93 bits per heavy atom. The van der Waals surface area contributed by atoms with Crippen LogP contribution in [0, 0.1) is 0 Å². The molecular formula is C12H15NO2. The van der Waals surface area contributed by atoms with Crippen LogP contribution in [0.25, 0.3) is 0 Å². The quantitative estimate of drug-likeness (QED) is 0.715. The van der Waals surface area contributed by atoms with Crippen molar-refractivity contribution in [1.82, 2.24) is 5.32 Å². The fraction of sp³-hybridized carbons (Fsp3) is 0.500. The second kappa shape index (κ2) is 3.30. The first-order valence-corrected chi connectivity index (χ1v) is 5.41. The highest BCUT2D eigenvalue weighted by Gasteiger charge is 2.34. The lowest BCUT2D eigenvalue weighted by atomic mass is 9.91. The molecule has 15 heavy (non-hydrogen) atoms. The summed E-state index contributed by atoms with van der Waals surface area (Å²) in [7, 11) is 0. The molecule has 1 atom stereocenters. The number of hydrogen-bond acceptors (Lipinski definition) is 3. The van der Waals surface area contributed by atoms with Crippen LogP contribution in [0.2, 0.25) is 0 Å². The maximum absolute atomic E-state index is 10.3. The summed E-state index contributed by atoms with van der Waals surface area (Å²) in [5.41, 5.74) is 2.91. The van der Waals surface area contributed by atoms with Crippen LogP contribution in [0.15, 0.2) is 18.2 Å². The Bertz CT molecular complexity index is 383. The molecule has 80 valence electrons. The molecule has 1 aromatic rings. The lowest BCUT2D eigenvalue weighted by Gasteiger charge is -2.21. The van der Waals surface area contributed by atoms with Crippen molar-refractivity contribution in [3.05, 3.63) is 34.9 Å². The zero-order chi connectivity index (χ0) is 10.3. The predicted octanol–water partition coefficient (Wildman–Crippen LogP) is 0.898. The lowest BCUT2D eigenvalue weighted by molar-refractivity contribution is 0.0231. The smallest absolute Gasteiger partial charge is 0.115 e. The minimum absolute atomic E-state index is 0.430. The predicted molar refractivity (Wildman–Crippen MR) is 56.3 cm³/mol. The third-order valence-electron chi connectivity index (χ3n) is 3.38. The monoisotopic (exact) mass is 205 g/mol. The SMILES string of the molecule is OC1(c2ccc3c(c2)CNC3)CCOC1. The van der Waals surface area contributed by atoms with Crippen molar-refractivity contribution in [2.45, 2.75) is 25.1 Å². The van der Waals surface area contributed by atoms with E-state index >= 15 is 0 Å². The summed E-state index contributed by atoms with van der Waals surface area (Å²) < 4.78 is 5.27. The summed E-state index contributed by atoms with van der Waals surface area (Å²) in [6, 6.07) is 6.26. The zero-order valence-corrected chi connectivity index (χ0v) is 8.62. The summed E-state index contributed by atoms with van der Waals surface area (Å²) in [5.74, 6) is 0. The molecular weight excluding hydrogens is 190 g/mol. The van der Waals surface area contributed by atoms with Gasteiger partial charge in [0.25, 0.3) is 0 Å². The highest BCUT2D eigenvalue weighted by molar-refractivity contribution is 5.37. The molecule has 1 aromatic carbocycles. The number of benzene rings is 1. The van der Waals surface area contributed by atoms with Gasteiger partial charge in [-0.3, -0.25) is 0 Å². The van der Waals surface area contributed by atoms with Gasteiger partial charge in [0.1, 0.15) is 5.60 Å². The number of ether oxygens (including phenoxy) is 1. The van der Waals surface area contributed by atoms with E-state index < -0.39 is 5.60 Å². The van der Waals surface area contributed by atoms with E-state index in [1.165, 1.54) is 11.1 Å². The van der Waals surface area contributed by atoms with Gasteiger partial charge in [-0.15, -0.1) is 0 Å². The fourth-order valence-electron chi connectivity index (χ4n) is 2.37. The van der Waals surface area contributed by atoms with Crippen molar-refractivity contribution in [2.24, 2.45) is 0 Å². The van der Waals surface area contributed by atoms with Gasteiger partial charge in [0, 0.05) is 26.1 Å². The zero-order valence-electron chi connectivity index (χ0n) is 8.62. The van der Waals surface area contributed by atoms with Crippen molar-refractivity contribution >= 4 is 0 Å². The molecule has 2 N–H and O–H groups in total. The van der Waals surface area contributed by atoms with Crippen molar-refractivity contribution in [3.63, 3.8) is 0 Å². The third-order valence-corrected chi connectivity index (χ3v) is 3.38. The van der Waals surface area contributed by atoms with Crippen molar-refractivity contribution in [1.29, 1.82) is 0 Å². The van der Waals surface area contributed by atoms with Crippen LogP contribution in [0.3, 0.4) is 0 Å². The molecule has 2 heterocycles. The van der Waals surface area contributed by atoms with Gasteiger partial charge in [0.05, 0.1) is 6.61 Å². The number of nitrogens with one attached hydrogen (secondary N) is 1. The summed E-state index contributed by atoms with van der Waals surface area (Å²) in [6.45, 7) is 2.95. The van der Waals surface area contributed by atoms with Crippen LogP contribution in [-0.4, -0.2) is 18.3 Å². The van der Waals surface area contributed by atoms with Crippen molar-refractivity contribution < 1.29 is 9.84 Å². The Labute approximate surface area is 89.1 Å². The molecule has 0 radical (unpaired) electrons. The first kappa shape index (κ1) is 9.33. The minimum Gasteiger partial charge on any atom is -0.383 e. The number of fused-ring (bicyclic) bond motifs is 1. The van der Waals surface area contributed by atoms with Crippen LogP contribution in [0.1, 0.15) is 23.1 Å². The van der Waals surface area contributed by atoms with Gasteiger partial charge in [-0.05, 0) is 16.7 Å². The van der Waals surface area contributed by atoms with Gasteiger partial charge in [-0.1, -0.05) is 18.2 Å². The van der Waals surface area contributed by atoms with E-state index in [1.54, 1.807) is 0 Å². The lowest BCUT2D eigenvalue weighted by Crippen LogP contribution is -2.25. The molecule has 0 bridgehead atoms. The van der Waals surface area contributed by atoms with Gasteiger partial charge in [0.2, 0.25) is 0 Å². The molecule has 1 saturated heterocycles. The van der Waals surface area contributed by atoms with Crippen molar-refractivity contribution in [2.75, 3.05) is 13.2 Å². The van der Waals surface area contributed by atoms with Crippen LogP contribution < -0.4 is 5.32 Å². The molecule has 3 heteroatoms. The molecule has 2 aliphatic heterocycles. The number of hydrogen-bond donors (Lipinski definition) is 2. The largest absolute Gasteiger partial charge is 0.383 e. The van der Waals surface area contributed by atoms with E-state index in [0.29, 0.717) is 19.6 Å². The highest BCUT2D eigenvalue weighted by atomic mass is 16.5. The summed E-state index contributed by atoms with van der Waals surface area (Å²) in [4.78, 5) is 0. The summed E-state index contributed by atoms with van der Waals surface area (Å²) in [5, 5.41) is 13.7. The Hall–Kier alpha value is -0.900. The van der Waals surface area contributed by atoms with Crippen LogP contribution in [0.4, 0.5) is 0 Å².